The first kappa shape index (κ1) is 20.6. The zero-order chi connectivity index (χ0) is 21.3. The van der Waals surface area contributed by atoms with E-state index < -0.39 is 15.7 Å². The molecule has 0 bridgehead atoms. The predicted octanol–water partition coefficient (Wildman–Crippen LogP) is 4.01. The highest BCUT2D eigenvalue weighted by molar-refractivity contribution is 7.90. The van der Waals surface area contributed by atoms with E-state index in [2.05, 4.69) is 6.92 Å². The number of piperidine rings is 1. The fourth-order valence-corrected chi connectivity index (χ4v) is 5.75. The Labute approximate surface area is 176 Å². The van der Waals surface area contributed by atoms with Crippen LogP contribution in [0.25, 0.3) is 10.9 Å². The summed E-state index contributed by atoms with van der Waals surface area (Å²) in [5.74, 6) is -0.287. The SMILES string of the molecule is CC1CCCN(C(=O)Cn2cc(S(=O)(=O)Cc3cccc(F)c3)c3ccccc32)C1. The number of rotatable bonds is 5. The zero-order valence-electron chi connectivity index (χ0n) is 16.9. The normalized spacial score (nSPS) is 17.4. The number of halogens is 1. The number of aromatic nitrogens is 1. The second-order valence-corrected chi connectivity index (χ2v) is 10.1. The summed E-state index contributed by atoms with van der Waals surface area (Å²) in [5.41, 5.74) is 1.10. The molecule has 1 unspecified atom stereocenters. The van der Waals surface area contributed by atoms with Gasteiger partial charge in [0.05, 0.1) is 10.6 Å². The molecule has 1 saturated heterocycles. The number of likely N-dealkylation sites (tertiary alicyclic amines) is 1. The molecule has 30 heavy (non-hydrogen) atoms. The van der Waals surface area contributed by atoms with Crippen LogP contribution in [0.1, 0.15) is 25.3 Å². The Morgan fingerprint density at radius 2 is 1.97 bits per heavy atom. The van der Waals surface area contributed by atoms with E-state index in [1.807, 2.05) is 17.0 Å². The van der Waals surface area contributed by atoms with E-state index in [1.54, 1.807) is 29.0 Å². The van der Waals surface area contributed by atoms with Gasteiger partial charge in [0.1, 0.15) is 12.4 Å². The van der Waals surface area contributed by atoms with Crippen LogP contribution >= 0.6 is 0 Å². The quantitative estimate of drug-likeness (QED) is 0.617. The third-order valence-electron chi connectivity index (χ3n) is 5.65. The minimum atomic E-state index is -3.72. The van der Waals surface area contributed by atoms with Crippen molar-refractivity contribution in [1.29, 1.82) is 0 Å². The Morgan fingerprint density at radius 1 is 1.17 bits per heavy atom. The van der Waals surface area contributed by atoms with E-state index >= 15 is 0 Å². The van der Waals surface area contributed by atoms with Gasteiger partial charge < -0.3 is 9.47 Å². The van der Waals surface area contributed by atoms with E-state index in [0.29, 0.717) is 22.4 Å². The molecule has 2 aromatic carbocycles. The first-order valence-electron chi connectivity index (χ1n) is 10.2. The number of carbonyl (C=O) groups excluding carboxylic acids is 1. The van der Waals surface area contributed by atoms with E-state index in [9.17, 15) is 17.6 Å². The molecule has 7 heteroatoms. The minimum absolute atomic E-state index is 0.00335. The number of amides is 1. The van der Waals surface area contributed by atoms with Crippen LogP contribution in [-0.2, 0) is 26.9 Å². The van der Waals surface area contributed by atoms with E-state index in [0.717, 1.165) is 25.9 Å². The molecule has 1 fully saturated rings. The van der Waals surface area contributed by atoms with Crippen LogP contribution in [0.3, 0.4) is 0 Å². The summed E-state index contributed by atoms with van der Waals surface area (Å²) in [4.78, 5) is 14.9. The molecule has 1 aliphatic rings. The predicted molar refractivity (Wildman–Crippen MR) is 114 cm³/mol. The van der Waals surface area contributed by atoms with Crippen LogP contribution in [0.4, 0.5) is 4.39 Å². The summed E-state index contributed by atoms with van der Waals surface area (Å²) in [5, 5.41) is 0.578. The van der Waals surface area contributed by atoms with Crippen molar-refractivity contribution in [2.24, 2.45) is 5.92 Å². The van der Waals surface area contributed by atoms with Crippen molar-refractivity contribution >= 4 is 26.6 Å². The van der Waals surface area contributed by atoms with Crippen LogP contribution in [0, 0.1) is 11.7 Å². The minimum Gasteiger partial charge on any atom is -0.341 e. The summed E-state index contributed by atoms with van der Waals surface area (Å²) >= 11 is 0. The van der Waals surface area contributed by atoms with Gasteiger partial charge in [-0.15, -0.1) is 0 Å². The second-order valence-electron chi connectivity index (χ2n) is 8.11. The standard InChI is InChI=1S/C23H25FN2O3S/c1-17-6-5-11-25(13-17)23(27)15-26-14-22(20-9-2-3-10-21(20)26)30(28,29)16-18-7-4-8-19(24)12-18/h2-4,7-10,12,14,17H,5-6,11,13,15-16H2,1H3. The number of hydrogen-bond acceptors (Lipinski definition) is 3. The van der Waals surface area contributed by atoms with Crippen LogP contribution in [-0.4, -0.2) is 36.9 Å². The highest BCUT2D eigenvalue weighted by atomic mass is 32.2. The monoisotopic (exact) mass is 428 g/mol. The fraction of sp³-hybridized carbons (Fsp3) is 0.348. The molecule has 1 aromatic heterocycles. The van der Waals surface area contributed by atoms with Gasteiger partial charge in [-0.25, -0.2) is 12.8 Å². The van der Waals surface area contributed by atoms with Crippen molar-refractivity contribution in [3.05, 3.63) is 66.1 Å². The Hall–Kier alpha value is -2.67. The topological polar surface area (TPSA) is 59.4 Å². The van der Waals surface area contributed by atoms with Gasteiger partial charge in [0.15, 0.2) is 9.84 Å². The number of sulfone groups is 1. The maximum atomic E-state index is 13.5. The van der Waals surface area contributed by atoms with Crippen LogP contribution in [0.2, 0.25) is 0 Å². The van der Waals surface area contributed by atoms with Crippen molar-refractivity contribution < 1.29 is 17.6 Å². The second kappa shape index (κ2) is 8.22. The van der Waals surface area contributed by atoms with Gasteiger partial charge in [-0.05, 0) is 42.5 Å². The largest absolute Gasteiger partial charge is 0.341 e. The lowest BCUT2D eigenvalue weighted by Gasteiger charge is -2.31. The molecule has 5 nitrogen and oxygen atoms in total. The maximum Gasteiger partial charge on any atom is 0.242 e. The summed E-state index contributed by atoms with van der Waals surface area (Å²) in [6.07, 6.45) is 3.66. The Balaban J connectivity index is 1.66. The molecular formula is C23H25FN2O3S. The summed E-state index contributed by atoms with van der Waals surface area (Å²) in [7, 11) is -3.72. The molecule has 0 radical (unpaired) electrons. The van der Waals surface area contributed by atoms with Crippen LogP contribution in [0.5, 0.6) is 0 Å². The van der Waals surface area contributed by atoms with Crippen molar-refractivity contribution in [3.8, 4) is 0 Å². The zero-order valence-corrected chi connectivity index (χ0v) is 17.7. The van der Waals surface area contributed by atoms with Crippen molar-refractivity contribution in [2.75, 3.05) is 13.1 Å². The van der Waals surface area contributed by atoms with Crippen molar-refractivity contribution in [1.82, 2.24) is 9.47 Å². The Bertz CT molecular complexity index is 1190. The molecule has 0 aliphatic carbocycles. The molecule has 0 saturated carbocycles. The first-order chi connectivity index (χ1) is 14.3. The van der Waals surface area contributed by atoms with Gasteiger partial charge in [0.25, 0.3) is 0 Å². The van der Waals surface area contributed by atoms with E-state index in [4.69, 9.17) is 0 Å². The summed E-state index contributed by atoms with van der Waals surface area (Å²) < 4.78 is 41.5. The van der Waals surface area contributed by atoms with Gasteiger partial charge in [0.2, 0.25) is 5.91 Å². The fourth-order valence-electron chi connectivity index (χ4n) is 4.18. The molecule has 0 spiro atoms. The van der Waals surface area contributed by atoms with Gasteiger partial charge in [-0.2, -0.15) is 0 Å². The number of carbonyl (C=O) groups is 1. The van der Waals surface area contributed by atoms with Gasteiger partial charge in [-0.3, -0.25) is 4.79 Å². The smallest absolute Gasteiger partial charge is 0.242 e. The van der Waals surface area contributed by atoms with Gasteiger partial charge >= 0.3 is 0 Å². The van der Waals surface area contributed by atoms with E-state index in [-0.39, 0.29) is 23.1 Å². The summed E-state index contributed by atoms with van der Waals surface area (Å²) in [6.45, 7) is 3.72. The molecule has 0 N–H and O–H groups in total. The molecule has 1 aliphatic heterocycles. The lowest BCUT2D eigenvalue weighted by Crippen LogP contribution is -2.40. The molecule has 2 heterocycles. The molecule has 1 amide bonds. The van der Waals surface area contributed by atoms with E-state index in [1.165, 1.54) is 18.2 Å². The lowest BCUT2D eigenvalue weighted by atomic mass is 10.0. The molecular weight excluding hydrogens is 403 g/mol. The van der Waals surface area contributed by atoms with Crippen LogP contribution < -0.4 is 0 Å². The van der Waals surface area contributed by atoms with Crippen molar-refractivity contribution in [2.45, 2.75) is 37.0 Å². The summed E-state index contributed by atoms with van der Waals surface area (Å²) in [6, 6.07) is 12.8. The average molecular weight is 429 g/mol. The molecule has 1 atom stereocenters. The number of para-hydroxylation sites is 1. The first-order valence-corrected chi connectivity index (χ1v) is 11.8. The Kier molecular flexibility index (Phi) is 5.64. The highest BCUT2D eigenvalue weighted by Gasteiger charge is 2.25. The average Bonchev–Trinajstić information content (AvgIpc) is 3.07. The van der Waals surface area contributed by atoms with Crippen molar-refractivity contribution in [3.63, 3.8) is 0 Å². The molecule has 4 rings (SSSR count). The number of benzene rings is 2. The van der Waals surface area contributed by atoms with Gasteiger partial charge in [-0.1, -0.05) is 37.3 Å². The van der Waals surface area contributed by atoms with Crippen LogP contribution in [0.15, 0.2) is 59.6 Å². The maximum absolute atomic E-state index is 13.5. The number of fused-ring (bicyclic) bond motifs is 1. The lowest BCUT2D eigenvalue weighted by molar-refractivity contribution is -0.133. The number of hydrogen-bond donors (Lipinski definition) is 0. The number of nitrogens with zero attached hydrogens (tertiary/aromatic N) is 2. The third-order valence-corrected chi connectivity index (χ3v) is 7.36. The molecule has 3 aromatic rings. The third kappa shape index (κ3) is 4.26. The van der Waals surface area contributed by atoms with Gasteiger partial charge in [0, 0.05) is 30.2 Å². The highest BCUT2D eigenvalue weighted by Crippen LogP contribution is 2.28. The molecule has 158 valence electrons. The Morgan fingerprint density at radius 3 is 2.73 bits per heavy atom.